The maximum atomic E-state index is 11.8. The predicted molar refractivity (Wildman–Crippen MR) is 92.6 cm³/mol. The highest BCUT2D eigenvalue weighted by atomic mass is 31.1. The molecule has 0 saturated carbocycles. The van der Waals surface area contributed by atoms with Crippen LogP contribution in [0.4, 0.5) is 0 Å². The summed E-state index contributed by atoms with van der Waals surface area (Å²) in [6, 6.07) is 9.97. The number of nitrogens with zero attached hydrogens (tertiary/aromatic N) is 1. The number of likely N-dealkylation sites (N-methyl/N-ethyl adjacent to an activating group) is 1. The summed E-state index contributed by atoms with van der Waals surface area (Å²) in [6.07, 6.45) is 5.84. The summed E-state index contributed by atoms with van der Waals surface area (Å²) < 4.78 is 5.98. The zero-order chi connectivity index (χ0) is 16.4. The molecule has 0 fully saturated rings. The number of hydrogen-bond donors (Lipinski definition) is 1. The lowest BCUT2D eigenvalue weighted by atomic mass is 10.2. The van der Waals surface area contributed by atoms with Gasteiger partial charge in [0.05, 0.1) is 34.0 Å². The molecule has 0 saturated heterocycles. The molecule has 122 valence electrons. The lowest BCUT2D eigenvalue weighted by Gasteiger charge is -2.23. The lowest BCUT2D eigenvalue weighted by Crippen LogP contribution is -2.39. The van der Waals surface area contributed by atoms with Crippen LogP contribution in [0.1, 0.15) is 18.4 Å². The third-order valence-corrected chi connectivity index (χ3v) is 4.39. The van der Waals surface area contributed by atoms with E-state index in [2.05, 4.69) is 0 Å². The number of rotatable bonds is 10. The van der Waals surface area contributed by atoms with Gasteiger partial charge in [0.2, 0.25) is 5.52 Å². The molecule has 4 nitrogen and oxygen atoms in total. The van der Waals surface area contributed by atoms with Crippen LogP contribution in [-0.4, -0.2) is 55.4 Å². The first-order valence-electron chi connectivity index (χ1n) is 7.51. The van der Waals surface area contributed by atoms with Gasteiger partial charge >= 0.3 is 0 Å². The molecular formula is C17H27NO3P+. The van der Waals surface area contributed by atoms with E-state index in [-0.39, 0.29) is 5.52 Å². The minimum Gasteiger partial charge on any atom is -0.501 e. The predicted octanol–water partition coefficient (Wildman–Crippen LogP) is 3.08. The van der Waals surface area contributed by atoms with Gasteiger partial charge in [-0.2, -0.15) is 0 Å². The van der Waals surface area contributed by atoms with Crippen LogP contribution in [0, 0.1) is 0 Å². The largest absolute Gasteiger partial charge is 0.501 e. The maximum absolute atomic E-state index is 11.8. The first-order chi connectivity index (χ1) is 10.4. The topological polar surface area (TPSA) is 46.5 Å². The number of hydrogen-bond acceptors (Lipinski definition) is 3. The third-order valence-electron chi connectivity index (χ3n) is 2.94. The Morgan fingerprint density at radius 2 is 1.91 bits per heavy atom. The van der Waals surface area contributed by atoms with Crippen LogP contribution in [0.2, 0.25) is 0 Å². The van der Waals surface area contributed by atoms with Crippen molar-refractivity contribution >= 4 is 19.7 Å². The molecule has 1 N–H and O–H groups in total. The van der Waals surface area contributed by atoms with E-state index in [1.165, 1.54) is 0 Å². The molecule has 5 heteroatoms. The smallest absolute Gasteiger partial charge is 0.234 e. The Labute approximate surface area is 134 Å². The van der Waals surface area contributed by atoms with Gasteiger partial charge in [-0.25, -0.2) is 0 Å². The second kappa shape index (κ2) is 9.73. The number of carbonyl (C=O) groups is 1. The maximum Gasteiger partial charge on any atom is 0.234 e. The highest BCUT2D eigenvalue weighted by Crippen LogP contribution is 2.32. The molecule has 0 heterocycles. The summed E-state index contributed by atoms with van der Waals surface area (Å²) in [5.41, 5.74) is 1.08. The minimum atomic E-state index is -1.49. The van der Waals surface area contributed by atoms with Crippen molar-refractivity contribution < 1.29 is 18.9 Å². The molecule has 0 bridgehead atoms. The summed E-state index contributed by atoms with van der Waals surface area (Å²) >= 11 is 0. The lowest BCUT2D eigenvalue weighted by molar-refractivity contribution is -0.861. The molecule has 22 heavy (non-hydrogen) atoms. The minimum absolute atomic E-state index is 0.0209. The molecule has 0 spiro atoms. The number of benzene rings is 1. The molecule has 0 aromatic heterocycles. The Bertz CT molecular complexity index is 469. The Morgan fingerprint density at radius 3 is 2.55 bits per heavy atom. The van der Waals surface area contributed by atoms with E-state index in [4.69, 9.17) is 4.74 Å². The van der Waals surface area contributed by atoms with Gasteiger partial charge in [-0.05, 0) is 30.6 Å². The Hall–Kier alpha value is -1.22. The van der Waals surface area contributed by atoms with Gasteiger partial charge in [-0.3, -0.25) is 4.79 Å². The summed E-state index contributed by atoms with van der Waals surface area (Å²) in [7, 11) is 4.36. The van der Waals surface area contributed by atoms with E-state index in [9.17, 15) is 9.69 Å². The molecule has 0 aliphatic heterocycles. The molecule has 1 rings (SSSR count). The Kier molecular flexibility index (Phi) is 8.32. The molecule has 1 aromatic carbocycles. The summed E-state index contributed by atoms with van der Waals surface area (Å²) in [5, 5.41) is 0. The van der Waals surface area contributed by atoms with Crippen molar-refractivity contribution in [3.8, 4) is 0 Å². The van der Waals surface area contributed by atoms with E-state index in [0.717, 1.165) is 18.4 Å². The fraction of sp³-hybridized carbons (Fsp3) is 0.471. The van der Waals surface area contributed by atoms with Gasteiger partial charge in [0.1, 0.15) is 14.7 Å². The second-order valence-corrected chi connectivity index (χ2v) is 8.00. The monoisotopic (exact) mass is 324 g/mol. The molecule has 0 aliphatic carbocycles. The average Bonchev–Trinajstić information content (AvgIpc) is 2.45. The van der Waals surface area contributed by atoms with Crippen molar-refractivity contribution in [1.82, 2.24) is 0 Å². The zero-order valence-electron chi connectivity index (χ0n) is 13.7. The van der Waals surface area contributed by atoms with Crippen LogP contribution in [0.5, 0.6) is 0 Å². The molecule has 1 atom stereocenters. The molecule has 1 aromatic rings. The van der Waals surface area contributed by atoms with Crippen LogP contribution in [0.3, 0.4) is 0 Å². The summed E-state index contributed by atoms with van der Waals surface area (Å²) in [4.78, 5) is 21.7. The third kappa shape index (κ3) is 8.93. The summed E-state index contributed by atoms with van der Waals surface area (Å²) in [5.74, 6) is 0. The zero-order valence-corrected chi connectivity index (χ0v) is 14.6. The van der Waals surface area contributed by atoms with Gasteiger partial charge in [-0.15, -0.1) is 0 Å². The van der Waals surface area contributed by atoms with Gasteiger partial charge < -0.3 is 14.1 Å². The number of ether oxygens (including phenoxy) is 1. The highest BCUT2D eigenvalue weighted by molar-refractivity contribution is 7.69. The average molecular weight is 324 g/mol. The number of carbonyl (C=O) groups excluding carboxylic acids is 1. The van der Waals surface area contributed by atoms with Crippen molar-refractivity contribution in [3.63, 3.8) is 0 Å². The fourth-order valence-electron chi connectivity index (χ4n) is 1.82. The van der Waals surface area contributed by atoms with Crippen LogP contribution >= 0.6 is 8.15 Å². The quantitative estimate of drug-likeness (QED) is 0.311. The van der Waals surface area contributed by atoms with E-state index in [1.807, 2.05) is 57.6 Å². The SMILES string of the molecule is C[N+](C)(C)CC(=O)P(O)CCCCOC=Cc1ccccc1. The van der Waals surface area contributed by atoms with Crippen molar-refractivity contribution in [1.29, 1.82) is 0 Å². The second-order valence-electron chi connectivity index (χ2n) is 6.26. The first-order valence-corrected chi connectivity index (χ1v) is 8.99. The van der Waals surface area contributed by atoms with Gasteiger partial charge in [0.25, 0.3) is 0 Å². The highest BCUT2D eigenvalue weighted by Gasteiger charge is 2.21. The Morgan fingerprint density at radius 1 is 1.23 bits per heavy atom. The van der Waals surface area contributed by atoms with Crippen LogP contribution in [0.15, 0.2) is 36.6 Å². The summed E-state index contributed by atoms with van der Waals surface area (Å²) in [6.45, 7) is 0.995. The van der Waals surface area contributed by atoms with E-state index >= 15 is 0 Å². The molecular weight excluding hydrogens is 297 g/mol. The van der Waals surface area contributed by atoms with Gasteiger partial charge in [0, 0.05) is 0 Å². The van der Waals surface area contributed by atoms with E-state index < -0.39 is 8.15 Å². The van der Waals surface area contributed by atoms with Crippen molar-refractivity contribution in [2.24, 2.45) is 0 Å². The van der Waals surface area contributed by atoms with Gasteiger partial charge in [-0.1, -0.05) is 30.3 Å². The van der Waals surface area contributed by atoms with Crippen LogP contribution in [0.25, 0.3) is 6.08 Å². The van der Waals surface area contributed by atoms with Crippen LogP contribution in [-0.2, 0) is 9.53 Å². The normalized spacial score (nSPS) is 13.3. The van der Waals surface area contributed by atoms with E-state index in [0.29, 0.717) is 23.8 Å². The van der Waals surface area contributed by atoms with Crippen molar-refractivity contribution in [2.75, 3.05) is 40.5 Å². The molecule has 1 unspecified atom stereocenters. The van der Waals surface area contributed by atoms with Crippen LogP contribution < -0.4 is 0 Å². The van der Waals surface area contributed by atoms with E-state index in [1.54, 1.807) is 6.26 Å². The molecule has 0 aliphatic rings. The van der Waals surface area contributed by atoms with Crippen molar-refractivity contribution in [2.45, 2.75) is 12.8 Å². The van der Waals surface area contributed by atoms with Crippen molar-refractivity contribution in [3.05, 3.63) is 42.2 Å². The molecule has 0 radical (unpaired) electrons. The van der Waals surface area contributed by atoms with Gasteiger partial charge in [0.15, 0.2) is 0 Å². The first kappa shape index (κ1) is 18.8. The Balaban J connectivity index is 2.10. The molecule has 0 amide bonds. The fourth-order valence-corrected chi connectivity index (χ4v) is 3.18. The standard InChI is InChI=1S/C17H27NO3P/c1-18(2,3)15-17(19)22(20)14-8-7-12-21-13-11-16-9-5-4-6-10-16/h4-6,9-11,13,20H,7-8,12,14-15H2,1-3H3/q+1. The number of quaternary nitrogens is 1. The number of unbranched alkanes of at least 4 members (excludes halogenated alkanes) is 1.